The number of benzene rings is 1. The van der Waals surface area contributed by atoms with E-state index in [1.165, 1.54) is 24.0 Å². The monoisotopic (exact) mass is 331 g/mol. The molecule has 0 bridgehead atoms. The number of rotatable bonds is 4. The molecule has 1 aromatic heterocycles. The van der Waals surface area contributed by atoms with Crippen LogP contribution in [-0.4, -0.2) is 28.3 Å². The number of ether oxygens (including phenoxy) is 1. The van der Waals surface area contributed by atoms with Crippen molar-refractivity contribution in [2.45, 2.75) is 18.2 Å². The van der Waals surface area contributed by atoms with Gasteiger partial charge in [0.05, 0.1) is 13.0 Å². The third-order valence-corrected chi connectivity index (χ3v) is 4.89. The van der Waals surface area contributed by atoms with Crippen molar-refractivity contribution >= 4 is 17.7 Å². The largest absolute Gasteiger partial charge is 0.496 e. The molecule has 0 fully saturated rings. The van der Waals surface area contributed by atoms with Gasteiger partial charge in [-0.2, -0.15) is 0 Å². The average molecular weight is 331 g/mol. The standard InChI is InChI=1S/C16H17N3O3S/c1-22-13-5-3-2-4-11(13)8-18-15(21)12-9-19-14(20)6-7-17-16(19)23-10-12/h2-7,12H,8-10H2,1H3,(H,18,21). The van der Waals surface area contributed by atoms with E-state index in [1.807, 2.05) is 24.3 Å². The Morgan fingerprint density at radius 2 is 2.26 bits per heavy atom. The summed E-state index contributed by atoms with van der Waals surface area (Å²) in [6, 6.07) is 8.98. The second-order valence-corrected chi connectivity index (χ2v) is 6.20. The van der Waals surface area contributed by atoms with Crippen LogP contribution in [-0.2, 0) is 17.9 Å². The Labute approximate surface area is 137 Å². The lowest BCUT2D eigenvalue weighted by Crippen LogP contribution is -2.39. The molecule has 6 nitrogen and oxygen atoms in total. The highest BCUT2D eigenvalue weighted by Crippen LogP contribution is 2.24. The number of methoxy groups -OCH3 is 1. The highest BCUT2D eigenvalue weighted by molar-refractivity contribution is 7.99. The van der Waals surface area contributed by atoms with Crippen LogP contribution in [0.2, 0.25) is 0 Å². The fourth-order valence-electron chi connectivity index (χ4n) is 2.48. The summed E-state index contributed by atoms with van der Waals surface area (Å²) in [5.74, 6) is 1.05. The average Bonchev–Trinajstić information content (AvgIpc) is 2.60. The van der Waals surface area contributed by atoms with Crippen molar-refractivity contribution in [3.63, 3.8) is 0 Å². The zero-order valence-electron chi connectivity index (χ0n) is 12.7. The molecule has 3 rings (SSSR count). The van der Waals surface area contributed by atoms with Gasteiger partial charge < -0.3 is 10.1 Å². The van der Waals surface area contributed by atoms with Crippen LogP contribution < -0.4 is 15.6 Å². The van der Waals surface area contributed by atoms with Gasteiger partial charge in [-0.3, -0.25) is 14.2 Å². The smallest absolute Gasteiger partial charge is 0.254 e. The molecule has 2 aromatic rings. The van der Waals surface area contributed by atoms with Crippen LogP contribution in [0.25, 0.3) is 0 Å². The minimum Gasteiger partial charge on any atom is -0.496 e. The van der Waals surface area contributed by atoms with Gasteiger partial charge in [-0.15, -0.1) is 0 Å². The minimum atomic E-state index is -0.246. The molecule has 0 radical (unpaired) electrons. The van der Waals surface area contributed by atoms with Crippen LogP contribution in [0.3, 0.4) is 0 Å². The van der Waals surface area contributed by atoms with E-state index in [0.717, 1.165) is 11.3 Å². The highest BCUT2D eigenvalue weighted by atomic mass is 32.2. The topological polar surface area (TPSA) is 73.2 Å². The maximum Gasteiger partial charge on any atom is 0.254 e. The summed E-state index contributed by atoms with van der Waals surface area (Å²) in [6.07, 6.45) is 1.50. The Kier molecular flexibility index (Phi) is 4.66. The van der Waals surface area contributed by atoms with Gasteiger partial charge in [-0.25, -0.2) is 4.98 Å². The number of fused-ring (bicyclic) bond motifs is 1. The Bertz CT molecular complexity index is 775. The number of carbonyl (C=O) groups excluding carboxylic acids is 1. The second-order valence-electron chi connectivity index (χ2n) is 5.21. The van der Waals surface area contributed by atoms with E-state index in [9.17, 15) is 9.59 Å². The normalized spacial score (nSPS) is 16.5. The van der Waals surface area contributed by atoms with E-state index in [4.69, 9.17) is 4.74 Å². The van der Waals surface area contributed by atoms with E-state index < -0.39 is 0 Å². The maximum absolute atomic E-state index is 12.4. The van der Waals surface area contributed by atoms with Crippen LogP contribution in [0.15, 0.2) is 46.5 Å². The van der Waals surface area contributed by atoms with Gasteiger partial charge in [0.2, 0.25) is 5.91 Å². The molecule has 120 valence electrons. The molecule has 1 atom stereocenters. The number of nitrogens with one attached hydrogen (secondary N) is 1. The SMILES string of the molecule is COc1ccccc1CNC(=O)C1CSc2nccc(=O)n2C1. The van der Waals surface area contributed by atoms with Crippen LogP contribution >= 0.6 is 11.8 Å². The van der Waals surface area contributed by atoms with E-state index >= 15 is 0 Å². The van der Waals surface area contributed by atoms with Crippen LogP contribution in [0, 0.1) is 5.92 Å². The number of hydrogen-bond donors (Lipinski definition) is 1. The van der Waals surface area contributed by atoms with Crippen LogP contribution in [0.1, 0.15) is 5.56 Å². The number of nitrogens with zero attached hydrogens (tertiary/aromatic N) is 2. The molecular formula is C16H17N3O3S. The molecule has 0 spiro atoms. The molecule has 0 saturated heterocycles. The number of hydrogen-bond acceptors (Lipinski definition) is 5. The third-order valence-electron chi connectivity index (χ3n) is 3.73. The summed E-state index contributed by atoms with van der Waals surface area (Å²) in [4.78, 5) is 28.4. The third kappa shape index (κ3) is 3.39. The number of aromatic nitrogens is 2. The van der Waals surface area contributed by atoms with Crippen LogP contribution in [0.5, 0.6) is 5.75 Å². The van der Waals surface area contributed by atoms with Crippen molar-refractivity contribution in [1.29, 1.82) is 0 Å². The summed E-state index contributed by atoms with van der Waals surface area (Å²) < 4.78 is 6.83. The molecule has 1 N–H and O–H groups in total. The van der Waals surface area contributed by atoms with E-state index in [1.54, 1.807) is 11.7 Å². The predicted octanol–water partition coefficient (Wildman–Crippen LogP) is 1.29. The molecule has 1 aromatic carbocycles. The molecule has 2 heterocycles. The van der Waals surface area contributed by atoms with Gasteiger partial charge in [0.1, 0.15) is 5.75 Å². The Hall–Kier alpha value is -2.28. The first-order chi connectivity index (χ1) is 11.2. The van der Waals surface area contributed by atoms with E-state index in [2.05, 4.69) is 10.3 Å². The highest BCUT2D eigenvalue weighted by Gasteiger charge is 2.26. The molecule has 1 amide bonds. The van der Waals surface area contributed by atoms with Crippen molar-refractivity contribution < 1.29 is 9.53 Å². The molecule has 0 aliphatic carbocycles. The minimum absolute atomic E-state index is 0.0650. The Balaban J connectivity index is 1.66. The molecule has 1 aliphatic heterocycles. The van der Waals surface area contributed by atoms with Crippen molar-refractivity contribution in [2.24, 2.45) is 5.92 Å². The zero-order chi connectivity index (χ0) is 16.2. The summed E-state index contributed by atoms with van der Waals surface area (Å²) >= 11 is 1.43. The fourth-order valence-corrected chi connectivity index (χ4v) is 3.55. The van der Waals surface area contributed by atoms with Gasteiger partial charge >= 0.3 is 0 Å². The summed E-state index contributed by atoms with van der Waals surface area (Å²) in [6.45, 7) is 0.769. The van der Waals surface area contributed by atoms with Crippen molar-refractivity contribution in [3.05, 3.63) is 52.4 Å². The first-order valence-corrected chi connectivity index (χ1v) is 8.26. The van der Waals surface area contributed by atoms with Gasteiger partial charge in [-0.05, 0) is 6.07 Å². The fraction of sp³-hybridized carbons (Fsp3) is 0.312. The molecule has 0 saturated carbocycles. The van der Waals surface area contributed by atoms with Crippen LogP contribution in [0.4, 0.5) is 0 Å². The van der Waals surface area contributed by atoms with E-state index in [-0.39, 0.29) is 17.4 Å². The molecule has 7 heteroatoms. The number of amides is 1. The lowest BCUT2D eigenvalue weighted by molar-refractivity contribution is -0.125. The summed E-state index contributed by atoms with van der Waals surface area (Å²) in [5, 5.41) is 3.60. The first kappa shape index (κ1) is 15.6. The van der Waals surface area contributed by atoms with Crippen molar-refractivity contribution in [1.82, 2.24) is 14.9 Å². The van der Waals surface area contributed by atoms with Crippen molar-refractivity contribution in [2.75, 3.05) is 12.9 Å². The number of thioether (sulfide) groups is 1. The number of para-hydroxylation sites is 1. The summed E-state index contributed by atoms with van der Waals surface area (Å²) in [5.41, 5.74) is 0.802. The van der Waals surface area contributed by atoms with Gasteiger partial charge in [0.15, 0.2) is 5.16 Å². The second kappa shape index (κ2) is 6.87. The Morgan fingerprint density at radius 1 is 1.43 bits per heavy atom. The van der Waals surface area contributed by atoms with Gasteiger partial charge in [-0.1, -0.05) is 30.0 Å². The molecule has 23 heavy (non-hydrogen) atoms. The van der Waals surface area contributed by atoms with E-state index in [0.29, 0.717) is 24.0 Å². The zero-order valence-corrected chi connectivity index (χ0v) is 13.5. The molecule has 1 aliphatic rings. The lowest BCUT2D eigenvalue weighted by atomic mass is 10.1. The van der Waals surface area contributed by atoms with Gasteiger partial charge in [0.25, 0.3) is 5.56 Å². The number of carbonyl (C=O) groups is 1. The molecule has 1 unspecified atom stereocenters. The summed E-state index contributed by atoms with van der Waals surface area (Å²) in [7, 11) is 1.61. The lowest BCUT2D eigenvalue weighted by Gasteiger charge is -2.24. The van der Waals surface area contributed by atoms with Crippen molar-refractivity contribution in [3.8, 4) is 5.75 Å². The Morgan fingerprint density at radius 3 is 3.09 bits per heavy atom. The van der Waals surface area contributed by atoms with Gasteiger partial charge in [0, 0.05) is 36.7 Å². The molecular weight excluding hydrogens is 314 g/mol. The first-order valence-electron chi connectivity index (χ1n) is 7.27. The maximum atomic E-state index is 12.4. The predicted molar refractivity (Wildman–Crippen MR) is 87.6 cm³/mol. The quantitative estimate of drug-likeness (QED) is 0.855.